The number of nitrogens with zero attached hydrogens (tertiary/aromatic N) is 9. The molecule has 147 heavy (non-hydrogen) atoms. The molecule has 9 nitrogen and oxygen atoms in total. The van der Waals surface area contributed by atoms with E-state index in [1.54, 1.807) is 0 Å². The molecule has 9 heteroatoms. The van der Waals surface area contributed by atoms with Crippen molar-refractivity contribution < 1.29 is 0 Å². The van der Waals surface area contributed by atoms with E-state index in [4.69, 9.17) is 44.9 Å². The van der Waals surface area contributed by atoms with E-state index in [0.29, 0.717) is 52.4 Å². The zero-order chi connectivity index (χ0) is 97.7. The predicted molar refractivity (Wildman–Crippen MR) is 602 cm³/mol. The minimum absolute atomic E-state index is 0.659. The van der Waals surface area contributed by atoms with Crippen molar-refractivity contribution in [1.82, 2.24) is 44.9 Å². The molecule has 27 rings (SSSR count). The van der Waals surface area contributed by atoms with Crippen LogP contribution in [0.5, 0.6) is 0 Å². The van der Waals surface area contributed by atoms with Crippen LogP contribution in [0.25, 0.3) is 236 Å². The molecule has 21 aromatic carbocycles. The smallest absolute Gasteiger partial charge is 0.164 e. The lowest BCUT2D eigenvalue weighted by Gasteiger charge is -2.12. The third kappa shape index (κ3) is 18.2. The van der Waals surface area contributed by atoms with E-state index in [-0.39, 0.29) is 0 Å². The molecule has 0 unspecified atom stereocenters. The molecule has 24 aromatic rings. The Morgan fingerprint density at radius 2 is 0.231 bits per heavy atom. The standard InChI is InChI=1S/3C46H31N3/c1-4-13-31(14-5-1)32-25-27-33(28-26-32)38-21-11-23-40-41-24-12-22-39(43(41)30-42(38)40)36-19-10-20-37(29-36)46-48-44(34-15-6-2-7-16-34)47-45(49-46)35-17-8-3-9-18-35;1-4-13-31(14-5-1)33-25-27-34(28-26-33)38-21-11-22-39-40-23-12-24-41(43(40)30-42(38)39)46-48-44(35-17-8-3-9-18-35)47-45(49-46)37-20-10-19-36(29-37)32-15-6-2-7-16-32;1-4-12-31(13-5-1)33-22-26-35(27-23-33)38-18-10-19-39-40-20-11-21-41(43(40)30-42(38)39)46-48-44(36-16-8-3-9-17-36)47-45(49-46)37-28-24-34(25-29-37)32-14-6-2-7-15-32/h3*1-29H,30H2. The first-order valence-electron chi connectivity index (χ1n) is 50.0. The molecule has 0 radical (unpaired) electrons. The van der Waals surface area contributed by atoms with Crippen LogP contribution < -0.4 is 0 Å². The summed E-state index contributed by atoms with van der Waals surface area (Å²) in [5.74, 6) is 6.02. The molecule has 3 heterocycles. The van der Waals surface area contributed by atoms with Gasteiger partial charge in [0.2, 0.25) is 0 Å². The highest BCUT2D eigenvalue weighted by atomic mass is 15.1. The van der Waals surface area contributed by atoms with Gasteiger partial charge in [0.05, 0.1) is 0 Å². The second-order valence-corrected chi connectivity index (χ2v) is 37.2. The molecule has 0 bridgehead atoms. The summed E-state index contributed by atoms with van der Waals surface area (Å²) in [6.45, 7) is 0. The second kappa shape index (κ2) is 40.0. The van der Waals surface area contributed by atoms with Crippen molar-refractivity contribution >= 4 is 0 Å². The van der Waals surface area contributed by atoms with E-state index in [9.17, 15) is 0 Å². The number of fused-ring (bicyclic) bond motifs is 9. The van der Waals surface area contributed by atoms with Gasteiger partial charge in [-0.15, -0.1) is 0 Å². The highest BCUT2D eigenvalue weighted by Crippen LogP contribution is 2.51. The summed E-state index contributed by atoms with van der Waals surface area (Å²) in [7, 11) is 0. The maximum absolute atomic E-state index is 5.17. The van der Waals surface area contributed by atoms with Gasteiger partial charge in [0.15, 0.2) is 52.4 Å². The zero-order valence-electron chi connectivity index (χ0n) is 80.4. The number of benzene rings is 21. The lowest BCUT2D eigenvalue weighted by Crippen LogP contribution is -2.02. The molecule has 0 N–H and O–H groups in total. The normalized spacial score (nSPS) is 11.6. The topological polar surface area (TPSA) is 116 Å². The van der Waals surface area contributed by atoms with E-state index in [2.05, 4.69) is 419 Å². The summed E-state index contributed by atoms with van der Waals surface area (Å²) >= 11 is 0. The fourth-order valence-electron chi connectivity index (χ4n) is 21.0. The van der Waals surface area contributed by atoms with Crippen molar-refractivity contribution in [2.45, 2.75) is 19.3 Å². The summed E-state index contributed by atoms with van der Waals surface area (Å²) in [5, 5.41) is 0. The first-order valence-corrected chi connectivity index (χ1v) is 50.0. The van der Waals surface area contributed by atoms with E-state index < -0.39 is 0 Å². The number of aromatic nitrogens is 9. The van der Waals surface area contributed by atoms with Crippen molar-refractivity contribution in [3.8, 4) is 236 Å². The van der Waals surface area contributed by atoms with Crippen LogP contribution in [0.3, 0.4) is 0 Å². The quantitative estimate of drug-likeness (QED) is 0.0828. The third-order valence-electron chi connectivity index (χ3n) is 28.3. The van der Waals surface area contributed by atoms with Crippen LogP contribution in [0, 0.1) is 0 Å². The highest BCUT2D eigenvalue weighted by Gasteiger charge is 2.31. The highest BCUT2D eigenvalue weighted by molar-refractivity contribution is 5.94. The van der Waals surface area contributed by atoms with Crippen molar-refractivity contribution in [3.63, 3.8) is 0 Å². The number of rotatable bonds is 18. The first kappa shape index (κ1) is 89.0. The first-order chi connectivity index (χ1) is 72.8. The Balaban J connectivity index is 0.000000115. The maximum atomic E-state index is 5.17. The van der Waals surface area contributed by atoms with Crippen LogP contribution >= 0.6 is 0 Å². The average Bonchev–Trinajstić information content (AvgIpc) is 1.60. The van der Waals surface area contributed by atoms with E-state index in [0.717, 1.165) is 91.6 Å². The number of hydrogen-bond donors (Lipinski definition) is 0. The minimum atomic E-state index is 0.659. The van der Waals surface area contributed by atoms with Gasteiger partial charge in [-0.1, -0.05) is 516 Å². The summed E-state index contributed by atoms with van der Waals surface area (Å²) in [5.41, 5.74) is 46.2. The van der Waals surface area contributed by atoms with Gasteiger partial charge in [-0.3, -0.25) is 0 Å². The van der Waals surface area contributed by atoms with Crippen LogP contribution in [0.4, 0.5) is 0 Å². The Kier molecular flexibility index (Phi) is 24.2. The van der Waals surface area contributed by atoms with Crippen LogP contribution in [-0.2, 0) is 19.3 Å². The molecule has 3 aliphatic rings. The average molecular weight is 1880 g/mol. The fourth-order valence-corrected chi connectivity index (χ4v) is 21.0. The monoisotopic (exact) mass is 1880 g/mol. The summed E-state index contributed by atoms with van der Waals surface area (Å²) in [4.78, 5) is 45.4. The Bertz CT molecular complexity index is 8890. The second-order valence-electron chi connectivity index (χ2n) is 37.2. The van der Waals surface area contributed by atoms with Crippen molar-refractivity contribution in [2.75, 3.05) is 0 Å². The molecule has 0 saturated heterocycles. The Labute approximate surface area is 855 Å². The van der Waals surface area contributed by atoms with Gasteiger partial charge in [-0.2, -0.15) is 0 Å². The van der Waals surface area contributed by atoms with Gasteiger partial charge in [0.25, 0.3) is 0 Å². The van der Waals surface area contributed by atoms with Crippen LogP contribution in [-0.4, -0.2) is 44.9 Å². The third-order valence-corrected chi connectivity index (χ3v) is 28.3. The summed E-state index contributed by atoms with van der Waals surface area (Å²) in [6.07, 6.45) is 2.50. The van der Waals surface area contributed by atoms with Gasteiger partial charge in [-0.05, 0) is 185 Å². The van der Waals surface area contributed by atoms with Crippen LogP contribution in [0.2, 0.25) is 0 Å². The number of hydrogen-bond acceptors (Lipinski definition) is 9. The zero-order valence-corrected chi connectivity index (χ0v) is 80.4. The Morgan fingerprint density at radius 3 is 0.490 bits per heavy atom. The van der Waals surface area contributed by atoms with Crippen LogP contribution in [0.15, 0.2) is 528 Å². The molecule has 0 fully saturated rings. The lowest BCUT2D eigenvalue weighted by atomic mass is 9.94. The van der Waals surface area contributed by atoms with E-state index in [1.807, 2.05) is 109 Å². The molecule has 3 aliphatic carbocycles. The van der Waals surface area contributed by atoms with Crippen molar-refractivity contribution in [3.05, 3.63) is 561 Å². The van der Waals surface area contributed by atoms with Gasteiger partial charge in [0, 0.05) is 62.9 Å². The summed E-state index contributed by atoms with van der Waals surface area (Å²) in [6, 6.07) is 185. The molecule has 0 spiro atoms. The van der Waals surface area contributed by atoms with Gasteiger partial charge < -0.3 is 0 Å². The Hall–Kier alpha value is -19.4. The van der Waals surface area contributed by atoms with E-state index >= 15 is 0 Å². The molecule has 3 aromatic heterocycles. The minimum Gasteiger partial charge on any atom is -0.208 e. The van der Waals surface area contributed by atoms with Gasteiger partial charge in [0.1, 0.15) is 0 Å². The van der Waals surface area contributed by atoms with Crippen molar-refractivity contribution in [2.24, 2.45) is 0 Å². The molecule has 0 saturated carbocycles. The fraction of sp³-hybridized carbons (Fsp3) is 0.0217. The van der Waals surface area contributed by atoms with Gasteiger partial charge >= 0.3 is 0 Å². The molecule has 0 atom stereocenters. The Morgan fingerprint density at radius 1 is 0.0884 bits per heavy atom. The van der Waals surface area contributed by atoms with Crippen molar-refractivity contribution in [1.29, 1.82) is 0 Å². The predicted octanol–water partition coefficient (Wildman–Crippen LogP) is 34.3. The van der Waals surface area contributed by atoms with Crippen LogP contribution in [0.1, 0.15) is 33.4 Å². The molecule has 690 valence electrons. The van der Waals surface area contributed by atoms with E-state index in [1.165, 1.54) is 145 Å². The largest absolute Gasteiger partial charge is 0.208 e. The summed E-state index contributed by atoms with van der Waals surface area (Å²) < 4.78 is 0. The lowest BCUT2D eigenvalue weighted by molar-refractivity contribution is 1.07. The molecule has 0 amide bonds. The molecular formula is C138H93N9. The molecule has 0 aliphatic heterocycles. The maximum Gasteiger partial charge on any atom is 0.164 e. The van der Waals surface area contributed by atoms with Gasteiger partial charge in [-0.25, -0.2) is 44.9 Å². The SMILES string of the molecule is c1ccc(-c2ccc(-c3cccc4c3Cc3c(-c5cccc(-c6nc(-c7ccccc7)nc(-c7ccccc7)n6)c5)cccc3-4)cc2)cc1.c1ccc(-c2ccc(-c3cccc4c3Cc3c(-c5nc(-c6ccccc6)nc(-c6cccc(-c7ccccc7)c6)n5)cccc3-4)cc2)cc1.c1ccc(-c2ccc(-c3nc(-c4ccccc4)nc(-c4cccc5c4Cc4c(-c6ccc(-c7ccccc7)cc6)cccc4-5)n3)cc2)cc1. The molecular weight excluding hydrogens is 1780 g/mol.